The van der Waals surface area contributed by atoms with E-state index in [1.807, 2.05) is 4.72 Å². The van der Waals surface area contributed by atoms with E-state index in [4.69, 9.17) is 5.73 Å². The third-order valence-corrected chi connectivity index (χ3v) is 4.88. The molecule has 1 amide bonds. The summed E-state index contributed by atoms with van der Waals surface area (Å²) in [5.74, 6) is -0.846. The second-order valence-electron chi connectivity index (χ2n) is 3.36. The van der Waals surface area contributed by atoms with Crippen molar-refractivity contribution in [1.82, 2.24) is 4.72 Å². The monoisotopic (exact) mass is 308 g/mol. The van der Waals surface area contributed by atoms with E-state index < -0.39 is 27.4 Å². The number of primary amides is 1. The molecule has 4 N–H and O–H groups in total. The summed E-state index contributed by atoms with van der Waals surface area (Å²) >= 11 is 0.716. The number of rotatable bonds is 7. The topological polar surface area (TPSA) is 144 Å². The fourth-order valence-electron chi connectivity index (χ4n) is 1.15. The van der Waals surface area contributed by atoms with Crippen LogP contribution in [0.2, 0.25) is 0 Å². The predicted molar refractivity (Wildman–Crippen MR) is 69.5 cm³/mol. The second-order valence-corrected chi connectivity index (χ2v) is 6.40. The standard InChI is InChI=1S/C8H12N4O5S2/c1-2-10-8-5(12(14)15)3-7(18-8)19(16,17)11-4-6(9)13/h3,10-11H,2,4H2,1H3,(H2,9,13). The highest BCUT2D eigenvalue weighted by molar-refractivity contribution is 7.91. The van der Waals surface area contributed by atoms with Crippen LogP contribution in [0.15, 0.2) is 10.3 Å². The lowest BCUT2D eigenvalue weighted by Crippen LogP contribution is -2.32. The zero-order valence-corrected chi connectivity index (χ0v) is 11.5. The van der Waals surface area contributed by atoms with E-state index in [1.165, 1.54) is 0 Å². The van der Waals surface area contributed by atoms with Crippen LogP contribution < -0.4 is 15.8 Å². The Bertz CT molecular complexity index is 594. The Labute approximate surface area is 113 Å². The fourth-order valence-corrected chi connectivity index (χ4v) is 3.59. The largest absolute Gasteiger partial charge is 0.372 e. The van der Waals surface area contributed by atoms with Gasteiger partial charge in [-0.05, 0) is 6.92 Å². The first-order chi connectivity index (χ1) is 8.77. The molecule has 1 heterocycles. The highest BCUT2D eigenvalue weighted by Crippen LogP contribution is 2.36. The van der Waals surface area contributed by atoms with Gasteiger partial charge in [-0.2, -0.15) is 0 Å². The fraction of sp³-hybridized carbons (Fsp3) is 0.375. The first-order valence-electron chi connectivity index (χ1n) is 5.08. The molecule has 0 saturated carbocycles. The normalized spacial score (nSPS) is 11.2. The summed E-state index contributed by atoms with van der Waals surface area (Å²) in [6.45, 7) is 1.57. The lowest BCUT2D eigenvalue weighted by atomic mass is 10.5. The molecule has 0 aliphatic heterocycles. The molecular formula is C8H12N4O5S2. The molecule has 1 aromatic heterocycles. The molecule has 0 aromatic carbocycles. The summed E-state index contributed by atoms with van der Waals surface area (Å²) in [5.41, 5.74) is 4.50. The van der Waals surface area contributed by atoms with E-state index >= 15 is 0 Å². The molecule has 1 rings (SSSR count). The number of carbonyl (C=O) groups excluding carboxylic acids is 1. The number of hydrogen-bond acceptors (Lipinski definition) is 7. The van der Waals surface area contributed by atoms with Crippen LogP contribution in [0.25, 0.3) is 0 Å². The molecular weight excluding hydrogens is 296 g/mol. The minimum atomic E-state index is -3.99. The number of thiophene rings is 1. The van der Waals surface area contributed by atoms with Crippen LogP contribution in [0.3, 0.4) is 0 Å². The van der Waals surface area contributed by atoms with Crippen LogP contribution in [0.5, 0.6) is 0 Å². The van der Waals surface area contributed by atoms with Crippen LogP contribution in [0.1, 0.15) is 6.92 Å². The molecule has 0 saturated heterocycles. The van der Waals surface area contributed by atoms with Gasteiger partial charge in [-0.3, -0.25) is 14.9 Å². The Balaban J connectivity index is 3.10. The third-order valence-electron chi connectivity index (χ3n) is 1.93. The Morgan fingerprint density at radius 3 is 2.68 bits per heavy atom. The molecule has 0 bridgehead atoms. The molecule has 0 unspecified atom stereocenters. The Morgan fingerprint density at radius 2 is 2.21 bits per heavy atom. The van der Waals surface area contributed by atoms with Crippen molar-refractivity contribution in [1.29, 1.82) is 0 Å². The number of amides is 1. The van der Waals surface area contributed by atoms with Crippen LogP contribution in [-0.4, -0.2) is 32.3 Å². The van der Waals surface area contributed by atoms with Gasteiger partial charge in [0.05, 0.1) is 11.5 Å². The first-order valence-corrected chi connectivity index (χ1v) is 7.38. The molecule has 0 spiro atoms. The molecule has 19 heavy (non-hydrogen) atoms. The van der Waals surface area contributed by atoms with E-state index in [1.54, 1.807) is 6.92 Å². The van der Waals surface area contributed by atoms with Gasteiger partial charge in [-0.25, -0.2) is 13.1 Å². The summed E-state index contributed by atoms with van der Waals surface area (Å²) < 4.78 is 25.2. The Morgan fingerprint density at radius 1 is 1.58 bits per heavy atom. The Hall–Kier alpha value is -1.72. The smallest absolute Gasteiger partial charge is 0.304 e. The van der Waals surface area contributed by atoms with Crippen molar-refractivity contribution in [2.24, 2.45) is 5.73 Å². The lowest BCUT2D eigenvalue weighted by molar-refractivity contribution is -0.383. The van der Waals surface area contributed by atoms with E-state index in [0.717, 1.165) is 6.07 Å². The molecule has 9 nitrogen and oxygen atoms in total. The second kappa shape index (κ2) is 5.95. The lowest BCUT2D eigenvalue weighted by Gasteiger charge is -2.00. The van der Waals surface area contributed by atoms with Gasteiger partial charge in [-0.1, -0.05) is 11.3 Å². The number of nitrogens with one attached hydrogen (secondary N) is 2. The molecule has 1 aromatic rings. The van der Waals surface area contributed by atoms with Crippen molar-refractivity contribution >= 4 is 38.0 Å². The zero-order chi connectivity index (χ0) is 14.6. The number of nitro groups is 1. The number of nitrogens with two attached hydrogens (primary N) is 1. The summed E-state index contributed by atoms with van der Waals surface area (Å²) in [6.07, 6.45) is 0. The van der Waals surface area contributed by atoms with Gasteiger partial charge in [0.1, 0.15) is 4.21 Å². The third kappa shape index (κ3) is 3.87. The predicted octanol–water partition coefficient (Wildman–Crippen LogP) is -0.148. The van der Waals surface area contributed by atoms with E-state index in [0.29, 0.717) is 17.9 Å². The van der Waals surface area contributed by atoms with Crippen LogP contribution in [0, 0.1) is 10.1 Å². The number of sulfonamides is 1. The molecule has 0 radical (unpaired) electrons. The van der Waals surface area contributed by atoms with Gasteiger partial charge in [0.15, 0.2) is 5.00 Å². The summed E-state index contributed by atoms with van der Waals surface area (Å²) in [6, 6.07) is 0.936. The Kier molecular flexibility index (Phi) is 4.80. The molecule has 0 fully saturated rings. The highest BCUT2D eigenvalue weighted by atomic mass is 32.2. The van der Waals surface area contributed by atoms with Crippen LogP contribution >= 0.6 is 11.3 Å². The van der Waals surface area contributed by atoms with Gasteiger partial charge in [0.25, 0.3) is 10.0 Å². The summed E-state index contributed by atoms with van der Waals surface area (Å²) in [5, 5.41) is 13.6. The van der Waals surface area contributed by atoms with E-state index in [-0.39, 0.29) is 14.9 Å². The zero-order valence-electron chi connectivity index (χ0n) is 9.87. The summed E-state index contributed by atoms with van der Waals surface area (Å²) in [7, 11) is -3.99. The van der Waals surface area contributed by atoms with Crippen molar-refractivity contribution in [2.45, 2.75) is 11.1 Å². The molecule has 0 atom stereocenters. The molecule has 106 valence electrons. The van der Waals surface area contributed by atoms with E-state index in [2.05, 4.69) is 5.32 Å². The SMILES string of the molecule is CCNc1sc(S(=O)(=O)NCC(N)=O)cc1[N+](=O)[O-]. The minimum Gasteiger partial charge on any atom is -0.372 e. The van der Waals surface area contributed by atoms with Crippen molar-refractivity contribution < 1.29 is 18.1 Å². The van der Waals surface area contributed by atoms with Gasteiger partial charge in [0, 0.05) is 12.6 Å². The number of carbonyl (C=O) groups is 1. The average Bonchev–Trinajstić information content (AvgIpc) is 2.72. The number of anilines is 1. The van der Waals surface area contributed by atoms with Gasteiger partial charge >= 0.3 is 5.69 Å². The molecule has 0 aliphatic carbocycles. The van der Waals surface area contributed by atoms with Crippen molar-refractivity contribution in [3.8, 4) is 0 Å². The summed E-state index contributed by atoms with van der Waals surface area (Å²) in [4.78, 5) is 20.6. The van der Waals surface area contributed by atoms with Gasteiger partial charge in [0.2, 0.25) is 5.91 Å². The van der Waals surface area contributed by atoms with Crippen molar-refractivity contribution in [3.63, 3.8) is 0 Å². The van der Waals surface area contributed by atoms with Crippen molar-refractivity contribution in [3.05, 3.63) is 16.2 Å². The van der Waals surface area contributed by atoms with Crippen LogP contribution in [-0.2, 0) is 14.8 Å². The van der Waals surface area contributed by atoms with Gasteiger partial charge < -0.3 is 11.1 Å². The first kappa shape index (κ1) is 15.3. The number of nitrogens with zero attached hydrogens (tertiary/aromatic N) is 1. The molecule has 0 aliphatic rings. The number of hydrogen-bond donors (Lipinski definition) is 3. The molecule has 11 heteroatoms. The highest BCUT2D eigenvalue weighted by Gasteiger charge is 2.25. The maximum absolute atomic E-state index is 11.8. The van der Waals surface area contributed by atoms with Gasteiger partial charge in [-0.15, -0.1) is 0 Å². The quantitative estimate of drug-likeness (QED) is 0.472. The van der Waals surface area contributed by atoms with Crippen LogP contribution in [0.4, 0.5) is 10.7 Å². The maximum atomic E-state index is 11.8. The maximum Gasteiger partial charge on any atom is 0.304 e. The van der Waals surface area contributed by atoms with Crippen molar-refractivity contribution in [2.75, 3.05) is 18.4 Å². The minimum absolute atomic E-state index is 0.145. The van der Waals surface area contributed by atoms with E-state index in [9.17, 15) is 23.3 Å². The average molecular weight is 308 g/mol.